The number of nitrogens with two attached hydrogens (primary N) is 1. The molecular formula is C64H89N13O5. The van der Waals surface area contributed by atoms with E-state index < -0.39 is 5.97 Å². The number of nitrogens with one attached hydrogen (secondary N) is 2. The molecule has 2 unspecified atom stereocenters. The number of Topliss-reactive ketones (excluding diaryl/α,β-unsaturated/α-hetero) is 1. The van der Waals surface area contributed by atoms with Crippen molar-refractivity contribution in [3.63, 3.8) is 0 Å². The number of aromatic amines is 2. The van der Waals surface area contributed by atoms with Gasteiger partial charge in [0.1, 0.15) is 11.6 Å². The molecule has 0 aliphatic carbocycles. The molecule has 2 saturated heterocycles. The minimum atomic E-state index is -0.880. The third-order valence-electron chi connectivity index (χ3n) is 17.2. The number of imidazole rings is 2. The second-order valence-electron chi connectivity index (χ2n) is 23.0. The Bertz CT molecular complexity index is 3670. The molecule has 82 heavy (non-hydrogen) atoms. The largest absolute Gasteiger partial charge is 0.478 e. The van der Waals surface area contributed by atoms with Crippen molar-refractivity contribution in [2.24, 2.45) is 19.8 Å². The van der Waals surface area contributed by atoms with Crippen LogP contribution >= 0.6 is 0 Å². The molecule has 2 fully saturated rings. The first-order valence-electron chi connectivity index (χ1n) is 28.4. The summed E-state index contributed by atoms with van der Waals surface area (Å²) in [6.07, 6.45) is 16.9. The highest BCUT2D eigenvalue weighted by Gasteiger charge is 2.31. The number of carboxylic acid groups (broad SMARTS) is 1. The van der Waals surface area contributed by atoms with E-state index in [1.807, 2.05) is 101 Å². The number of pyridine rings is 4. The topological polar surface area (TPSA) is 204 Å². The van der Waals surface area contributed by atoms with Crippen LogP contribution in [0.15, 0.2) is 83.2 Å². The zero-order chi connectivity index (χ0) is 58.7. The molecule has 18 heteroatoms. The highest BCUT2D eigenvalue weighted by molar-refractivity contribution is 5.99. The molecule has 0 amide bonds. The zero-order valence-corrected chi connectivity index (χ0v) is 50.1. The molecule has 5 N–H and O–H groups in total. The predicted octanol–water partition coefficient (Wildman–Crippen LogP) is 9.38. The molecule has 2 atom stereocenters. The number of carbonyl (C=O) groups is 2. The number of likely N-dealkylation sites (tertiary alicyclic amines) is 2. The summed E-state index contributed by atoms with van der Waals surface area (Å²) in [6, 6.07) is 13.3. The number of fused-ring (bicyclic) bond motifs is 2. The molecular weight excluding hydrogens is 1030 g/mol. The number of rotatable bonds is 14. The summed E-state index contributed by atoms with van der Waals surface area (Å²) in [5.41, 5.74) is 19.2. The first kappa shape index (κ1) is 62.4. The summed E-state index contributed by atoms with van der Waals surface area (Å²) in [6.45, 7) is 20.4. The molecule has 8 aromatic rings. The van der Waals surface area contributed by atoms with Gasteiger partial charge in [0.2, 0.25) is 0 Å². The first-order valence-corrected chi connectivity index (χ1v) is 28.4. The Hall–Kier alpha value is -7.22. The van der Waals surface area contributed by atoms with E-state index in [1.165, 1.54) is 0 Å². The maximum atomic E-state index is 13.8. The van der Waals surface area contributed by atoms with Gasteiger partial charge in [0.05, 0.1) is 5.56 Å². The van der Waals surface area contributed by atoms with E-state index in [0.717, 1.165) is 136 Å². The zero-order valence-electron chi connectivity index (χ0n) is 50.1. The van der Waals surface area contributed by atoms with Crippen LogP contribution in [0.4, 0.5) is 0 Å². The third kappa shape index (κ3) is 13.3. The van der Waals surface area contributed by atoms with Crippen LogP contribution in [0.5, 0.6) is 0 Å². The van der Waals surface area contributed by atoms with Crippen molar-refractivity contribution in [3.05, 3.63) is 162 Å². The smallest absolute Gasteiger partial charge is 0.336 e. The second kappa shape index (κ2) is 26.4. The Morgan fingerprint density at radius 3 is 1.41 bits per heavy atom. The SMILES string of the molecule is C.Cc1c(C(=O)O)cc2cc(-c3nccn3C)cn2c1C(C)N1CCC(N(C)C)CC1.Cc1cc(C)c(CCC(=O)c2cc3cc(-c4nccn4C)cn3c(C(C)N3CCC(N(C)C)CC3)c2C)c(=O)[nH]1.Cc1cc(C)c(CN)c(=O)[nH]1. The number of piperidine rings is 2. The van der Waals surface area contributed by atoms with Crippen molar-refractivity contribution in [1.82, 2.24) is 57.5 Å². The number of hydrogen-bond donors (Lipinski definition) is 4. The second-order valence-corrected chi connectivity index (χ2v) is 23.0. The van der Waals surface area contributed by atoms with Gasteiger partial charge in [-0.15, -0.1) is 0 Å². The van der Waals surface area contributed by atoms with Gasteiger partial charge in [-0.2, -0.15) is 0 Å². The standard InChI is InChI=1S/C32H42N6O2.C23H31N5O2.C8H12N2O.CH4/c1-20-16-21(2)34-32(40)27(20)8-9-29(39)28-18-26-17-24(31-33-12-15-36(31)7)19-38(26)30(22(28)3)23(4)37-13-10-25(11-14-37)35(5)6;1-15-20(23(29)30)13-19-12-17(22-24-8-11-26(22)5)14-28(19)21(15)16(2)27-9-6-18(7-10-27)25(3)4;1-5-3-6(2)10-8(11)7(5)4-9;/h12,15-19,23,25H,8-11,13-14H2,1-7H3,(H,34,40);8,11-14,16,18H,6-7,9-10H2,1-5H3,(H,29,30);3H,4,9H2,1-2H3,(H,10,11);1H4. The van der Waals surface area contributed by atoms with Gasteiger partial charge in [0, 0.05) is 176 Å². The van der Waals surface area contributed by atoms with E-state index in [-0.39, 0.29) is 36.4 Å². The fraction of sp³-hybridized carbons (Fsp3) is 0.469. The molecule has 0 radical (unpaired) electrons. The van der Waals surface area contributed by atoms with Crippen LogP contribution in [-0.2, 0) is 27.1 Å². The van der Waals surface area contributed by atoms with Crippen LogP contribution in [0.1, 0.15) is 142 Å². The van der Waals surface area contributed by atoms with Crippen molar-refractivity contribution in [1.29, 1.82) is 0 Å². The van der Waals surface area contributed by atoms with Gasteiger partial charge in [-0.1, -0.05) is 7.43 Å². The van der Waals surface area contributed by atoms with Gasteiger partial charge in [-0.25, -0.2) is 14.8 Å². The summed E-state index contributed by atoms with van der Waals surface area (Å²) in [5, 5.41) is 9.83. The van der Waals surface area contributed by atoms with Crippen LogP contribution in [0, 0.1) is 41.5 Å². The highest BCUT2D eigenvalue weighted by Crippen LogP contribution is 2.35. The first-order chi connectivity index (χ1) is 38.5. The van der Waals surface area contributed by atoms with E-state index in [9.17, 15) is 24.3 Å². The number of ketones is 1. The quantitative estimate of drug-likeness (QED) is 0.0753. The van der Waals surface area contributed by atoms with Crippen molar-refractivity contribution < 1.29 is 14.7 Å². The summed E-state index contributed by atoms with van der Waals surface area (Å²) >= 11 is 0. The van der Waals surface area contributed by atoms with Crippen molar-refractivity contribution >= 4 is 22.8 Å². The Kier molecular flexibility index (Phi) is 20.0. The lowest BCUT2D eigenvalue weighted by Gasteiger charge is -2.39. The maximum absolute atomic E-state index is 13.8. The van der Waals surface area contributed by atoms with Crippen LogP contribution in [0.25, 0.3) is 33.8 Å². The Morgan fingerprint density at radius 2 is 1.05 bits per heavy atom. The monoisotopic (exact) mass is 1120 g/mol. The Morgan fingerprint density at radius 1 is 0.646 bits per heavy atom. The van der Waals surface area contributed by atoms with Gasteiger partial charge in [0.15, 0.2) is 5.78 Å². The van der Waals surface area contributed by atoms with Crippen molar-refractivity contribution in [2.45, 2.75) is 132 Å². The lowest BCUT2D eigenvalue weighted by atomic mass is 9.94. The molecule has 10 heterocycles. The van der Waals surface area contributed by atoms with Gasteiger partial charge >= 0.3 is 5.97 Å². The molecule has 2 aliphatic rings. The fourth-order valence-electron chi connectivity index (χ4n) is 12.4. The van der Waals surface area contributed by atoms with E-state index in [4.69, 9.17) is 5.73 Å². The number of aryl methyl sites for hydroxylation is 6. The summed E-state index contributed by atoms with van der Waals surface area (Å²) in [4.78, 5) is 73.8. The van der Waals surface area contributed by atoms with E-state index in [2.05, 4.69) is 116 Å². The molecule has 0 saturated carbocycles. The van der Waals surface area contributed by atoms with Gasteiger partial charge in [-0.05, 0) is 174 Å². The van der Waals surface area contributed by atoms with Crippen LogP contribution in [0.2, 0.25) is 0 Å². The predicted molar refractivity (Wildman–Crippen MR) is 329 cm³/mol. The fourth-order valence-corrected chi connectivity index (χ4v) is 12.4. The van der Waals surface area contributed by atoms with Gasteiger partial charge in [0.25, 0.3) is 11.1 Å². The minimum Gasteiger partial charge on any atom is -0.478 e. The Labute approximate surface area is 483 Å². The number of hydrogen-bond acceptors (Lipinski definition) is 11. The average Bonchev–Trinajstić information content (AvgIpc) is 2.99. The molecule has 440 valence electrons. The molecule has 2 aliphatic heterocycles. The number of nitrogens with zero attached hydrogens (tertiary/aromatic N) is 10. The normalized spacial score (nSPS) is 15.3. The lowest BCUT2D eigenvalue weighted by Crippen LogP contribution is -2.43. The molecule has 0 spiro atoms. The molecule has 10 rings (SSSR count). The number of aromatic nitrogens is 8. The highest BCUT2D eigenvalue weighted by atomic mass is 16.4. The van der Waals surface area contributed by atoms with Crippen molar-refractivity contribution in [3.8, 4) is 22.8 Å². The number of carboxylic acids is 1. The molecule has 0 aromatic carbocycles. The minimum absolute atomic E-state index is 0. The van der Waals surface area contributed by atoms with Crippen LogP contribution < -0.4 is 16.9 Å². The molecule has 0 bridgehead atoms. The number of aromatic carboxylic acids is 1. The van der Waals surface area contributed by atoms with E-state index >= 15 is 0 Å². The number of H-pyrrole nitrogens is 2. The Balaban J connectivity index is 0.000000202. The van der Waals surface area contributed by atoms with Gasteiger partial charge < -0.3 is 48.5 Å². The van der Waals surface area contributed by atoms with E-state index in [1.54, 1.807) is 12.3 Å². The summed E-state index contributed by atoms with van der Waals surface area (Å²) in [5.74, 6) is 0.959. The van der Waals surface area contributed by atoms with Crippen LogP contribution in [-0.4, -0.2) is 141 Å². The molecule has 8 aromatic heterocycles. The maximum Gasteiger partial charge on any atom is 0.336 e. The summed E-state index contributed by atoms with van der Waals surface area (Å²) < 4.78 is 8.42. The van der Waals surface area contributed by atoms with Gasteiger partial charge in [-0.3, -0.25) is 24.2 Å². The molecule has 18 nitrogen and oxygen atoms in total. The van der Waals surface area contributed by atoms with Crippen LogP contribution in [0.3, 0.4) is 0 Å². The average molecular weight is 1120 g/mol. The van der Waals surface area contributed by atoms with E-state index in [0.29, 0.717) is 48.2 Å². The lowest BCUT2D eigenvalue weighted by molar-refractivity contribution is 0.0695. The third-order valence-corrected chi connectivity index (χ3v) is 17.2. The number of carbonyl (C=O) groups excluding carboxylic acids is 1. The summed E-state index contributed by atoms with van der Waals surface area (Å²) in [7, 11) is 12.6. The van der Waals surface area contributed by atoms with Crippen molar-refractivity contribution in [2.75, 3.05) is 54.4 Å².